The first-order valence-corrected chi connectivity index (χ1v) is 6.82. The zero-order valence-corrected chi connectivity index (χ0v) is 11.9. The van der Waals surface area contributed by atoms with Gasteiger partial charge in [0.2, 0.25) is 5.91 Å². The van der Waals surface area contributed by atoms with Gasteiger partial charge in [-0.25, -0.2) is 0 Å². The summed E-state index contributed by atoms with van der Waals surface area (Å²) in [5.41, 5.74) is 0. The minimum absolute atomic E-state index is 0.109. The van der Waals surface area contributed by atoms with Crippen LogP contribution in [0.4, 0.5) is 0 Å². The number of carboxylic acids is 1. The van der Waals surface area contributed by atoms with E-state index in [4.69, 9.17) is 21.4 Å². The highest BCUT2D eigenvalue weighted by molar-refractivity contribution is 6.30. The van der Waals surface area contributed by atoms with Crippen LogP contribution in [0.25, 0.3) is 0 Å². The predicted octanol–water partition coefficient (Wildman–Crippen LogP) is 2.48. The number of halogens is 1. The number of carbonyl (C=O) groups is 2. The molecule has 1 amide bonds. The molecule has 0 fully saturated rings. The molecule has 0 heterocycles. The summed E-state index contributed by atoms with van der Waals surface area (Å²) in [5, 5.41) is 11.8. The summed E-state index contributed by atoms with van der Waals surface area (Å²) >= 11 is 5.81. The van der Waals surface area contributed by atoms with Gasteiger partial charge in [0, 0.05) is 18.0 Å². The third-order valence-corrected chi connectivity index (χ3v) is 2.77. The van der Waals surface area contributed by atoms with Gasteiger partial charge in [-0.3, -0.25) is 9.59 Å². The maximum Gasteiger partial charge on any atom is 0.303 e. The maximum atomic E-state index is 11.5. The molecule has 0 spiro atoms. The fourth-order valence-electron chi connectivity index (χ4n) is 1.54. The van der Waals surface area contributed by atoms with E-state index in [1.54, 1.807) is 24.3 Å². The molecule has 110 valence electrons. The first-order chi connectivity index (χ1) is 9.58. The van der Waals surface area contributed by atoms with Gasteiger partial charge in [0.25, 0.3) is 0 Å². The molecule has 0 aromatic heterocycles. The lowest BCUT2D eigenvalue weighted by molar-refractivity contribution is -0.137. The summed E-state index contributed by atoms with van der Waals surface area (Å²) in [6, 6.07) is 6.99. The summed E-state index contributed by atoms with van der Waals surface area (Å²) in [6.45, 7) is 0.768. The summed E-state index contributed by atoms with van der Waals surface area (Å²) < 4.78 is 5.39. The van der Waals surface area contributed by atoms with Crippen LogP contribution in [0.3, 0.4) is 0 Å². The summed E-state index contributed by atoms with van der Waals surface area (Å²) in [6.07, 6.45) is 1.61. The van der Waals surface area contributed by atoms with Crippen molar-refractivity contribution in [3.63, 3.8) is 0 Å². The quantitative estimate of drug-likeness (QED) is 0.687. The van der Waals surface area contributed by atoms with Gasteiger partial charge in [-0.15, -0.1) is 0 Å². The topological polar surface area (TPSA) is 75.6 Å². The second-order valence-corrected chi connectivity index (χ2v) is 4.69. The van der Waals surface area contributed by atoms with Gasteiger partial charge < -0.3 is 15.2 Å². The number of carboxylic acid groups (broad SMARTS) is 1. The van der Waals surface area contributed by atoms with Gasteiger partial charge in [0.1, 0.15) is 5.75 Å². The molecule has 6 heteroatoms. The third kappa shape index (κ3) is 7.63. The van der Waals surface area contributed by atoms with E-state index in [0.717, 1.165) is 0 Å². The fraction of sp³-hybridized carbons (Fsp3) is 0.429. The molecule has 0 saturated carbocycles. The maximum absolute atomic E-state index is 11.5. The standard InChI is InChI=1S/C14H18ClNO4/c15-11-4-3-5-12(10-11)20-9-7-13(17)16-8-2-1-6-14(18)19/h3-5,10H,1-2,6-9H2,(H,16,17)(H,18,19). The van der Waals surface area contributed by atoms with Crippen molar-refractivity contribution in [2.75, 3.05) is 13.2 Å². The van der Waals surface area contributed by atoms with Crippen molar-refractivity contribution in [1.29, 1.82) is 0 Å². The Morgan fingerprint density at radius 1 is 1.25 bits per heavy atom. The van der Waals surface area contributed by atoms with Crippen LogP contribution in [0.5, 0.6) is 5.75 Å². The highest BCUT2D eigenvalue weighted by Crippen LogP contribution is 2.17. The number of benzene rings is 1. The SMILES string of the molecule is O=C(O)CCCCNC(=O)CCOc1cccc(Cl)c1. The monoisotopic (exact) mass is 299 g/mol. The molecule has 1 aromatic carbocycles. The van der Waals surface area contributed by atoms with E-state index in [1.807, 2.05) is 0 Å². The molecule has 2 N–H and O–H groups in total. The van der Waals surface area contributed by atoms with Crippen molar-refractivity contribution in [3.8, 4) is 5.75 Å². The second-order valence-electron chi connectivity index (χ2n) is 4.26. The molecule has 1 aromatic rings. The van der Waals surface area contributed by atoms with E-state index < -0.39 is 5.97 Å². The lowest BCUT2D eigenvalue weighted by Gasteiger charge is -2.07. The van der Waals surface area contributed by atoms with Crippen molar-refractivity contribution in [2.45, 2.75) is 25.7 Å². The Morgan fingerprint density at radius 3 is 2.75 bits per heavy atom. The lowest BCUT2D eigenvalue weighted by Crippen LogP contribution is -2.26. The Hall–Kier alpha value is -1.75. The molecular formula is C14H18ClNO4. The number of hydrogen-bond donors (Lipinski definition) is 2. The van der Waals surface area contributed by atoms with Crippen LogP contribution in [-0.4, -0.2) is 30.1 Å². The minimum atomic E-state index is -0.814. The Kier molecular flexibility index (Phi) is 7.50. The smallest absolute Gasteiger partial charge is 0.303 e. The molecule has 0 atom stereocenters. The first-order valence-electron chi connectivity index (χ1n) is 6.45. The van der Waals surface area contributed by atoms with Gasteiger partial charge in [0.05, 0.1) is 13.0 Å². The van der Waals surface area contributed by atoms with Gasteiger partial charge >= 0.3 is 5.97 Å². The van der Waals surface area contributed by atoms with E-state index >= 15 is 0 Å². The molecule has 0 saturated heterocycles. The summed E-state index contributed by atoms with van der Waals surface area (Å²) in [5.74, 6) is -0.291. The number of amides is 1. The highest BCUT2D eigenvalue weighted by atomic mass is 35.5. The van der Waals surface area contributed by atoms with E-state index in [9.17, 15) is 9.59 Å². The molecule has 0 unspecified atom stereocenters. The molecule has 1 rings (SSSR count). The Balaban J connectivity index is 2.07. The second kappa shape index (κ2) is 9.20. The fourth-order valence-corrected chi connectivity index (χ4v) is 1.72. The average molecular weight is 300 g/mol. The molecule has 0 radical (unpaired) electrons. The van der Waals surface area contributed by atoms with Crippen LogP contribution in [-0.2, 0) is 9.59 Å². The van der Waals surface area contributed by atoms with Crippen LogP contribution >= 0.6 is 11.6 Å². The predicted molar refractivity (Wildman–Crippen MR) is 76.1 cm³/mol. The highest BCUT2D eigenvalue weighted by Gasteiger charge is 2.02. The van der Waals surface area contributed by atoms with Crippen molar-refractivity contribution in [2.24, 2.45) is 0 Å². The van der Waals surface area contributed by atoms with E-state index in [-0.39, 0.29) is 25.4 Å². The number of rotatable bonds is 9. The summed E-state index contributed by atoms with van der Waals surface area (Å²) in [7, 11) is 0. The number of carbonyl (C=O) groups excluding carboxylic acids is 1. The first kappa shape index (κ1) is 16.3. The van der Waals surface area contributed by atoms with Crippen molar-refractivity contribution >= 4 is 23.5 Å². The molecule has 0 bridgehead atoms. The van der Waals surface area contributed by atoms with Crippen LogP contribution in [0.15, 0.2) is 24.3 Å². The molecule has 5 nitrogen and oxygen atoms in total. The van der Waals surface area contributed by atoms with Crippen LogP contribution in [0, 0.1) is 0 Å². The number of hydrogen-bond acceptors (Lipinski definition) is 3. The normalized spacial score (nSPS) is 10.1. The summed E-state index contributed by atoms with van der Waals surface area (Å²) in [4.78, 5) is 21.7. The lowest BCUT2D eigenvalue weighted by atomic mass is 10.2. The molecule has 20 heavy (non-hydrogen) atoms. The van der Waals surface area contributed by atoms with Crippen LogP contribution < -0.4 is 10.1 Å². The third-order valence-electron chi connectivity index (χ3n) is 2.53. The molecule has 0 aliphatic heterocycles. The van der Waals surface area contributed by atoms with Gasteiger partial charge in [-0.1, -0.05) is 17.7 Å². The number of nitrogens with one attached hydrogen (secondary N) is 1. The van der Waals surface area contributed by atoms with E-state index in [1.165, 1.54) is 0 Å². The van der Waals surface area contributed by atoms with Crippen molar-refractivity contribution in [1.82, 2.24) is 5.32 Å². The number of unbranched alkanes of at least 4 members (excludes halogenated alkanes) is 1. The Bertz CT molecular complexity index is 451. The Morgan fingerprint density at radius 2 is 2.05 bits per heavy atom. The molecular weight excluding hydrogens is 282 g/mol. The molecule has 0 aliphatic carbocycles. The van der Waals surface area contributed by atoms with Crippen molar-refractivity contribution in [3.05, 3.63) is 29.3 Å². The number of ether oxygens (including phenoxy) is 1. The van der Waals surface area contributed by atoms with Crippen molar-refractivity contribution < 1.29 is 19.4 Å². The zero-order valence-electron chi connectivity index (χ0n) is 11.1. The van der Waals surface area contributed by atoms with Crippen LogP contribution in [0.2, 0.25) is 5.02 Å². The van der Waals surface area contributed by atoms with Crippen LogP contribution in [0.1, 0.15) is 25.7 Å². The average Bonchev–Trinajstić information content (AvgIpc) is 2.38. The minimum Gasteiger partial charge on any atom is -0.493 e. The van der Waals surface area contributed by atoms with Gasteiger partial charge in [-0.05, 0) is 31.0 Å². The molecule has 0 aliphatic rings. The largest absolute Gasteiger partial charge is 0.493 e. The van der Waals surface area contributed by atoms with E-state index in [0.29, 0.717) is 30.2 Å². The van der Waals surface area contributed by atoms with Gasteiger partial charge in [0.15, 0.2) is 0 Å². The van der Waals surface area contributed by atoms with E-state index in [2.05, 4.69) is 5.32 Å². The zero-order chi connectivity index (χ0) is 14.8. The van der Waals surface area contributed by atoms with Gasteiger partial charge in [-0.2, -0.15) is 0 Å². The Labute approximate surface area is 122 Å². The number of aliphatic carboxylic acids is 1.